The van der Waals surface area contributed by atoms with E-state index in [2.05, 4.69) is 14.9 Å². The van der Waals surface area contributed by atoms with Crippen LogP contribution < -0.4 is 10.6 Å². The molecular formula is C12H20N4O2. The number of aromatic nitrogens is 2. The molecule has 1 fully saturated rings. The Labute approximate surface area is 107 Å². The molecule has 18 heavy (non-hydrogen) atoms. The highest BCUT2D eigenvalue weighted by atomic mass is 16.5. The molecule has 1 aromatic rings. The number of anilines is 1. The van der Waals surface area contributed by atoms with Crippen LogP contribution in [0.25, 0.3) is 0 Å². The summed E-state index contributed by atoms with van der Waals surface area (Å²) in [5.74, 6) is 0.896. The van der Waals surface area contributed by atoms with Gasteiger partial charge in [0, 0.05) is 19.6 Å². The van der Waals surface area contributed by atoms with Gasteiger partial charge in [-0.1, -0.05) is 0 Å². The van der Waals surface area contributed by atoms with E-state index < -0.39 is 0 Å². The van der Waals surface area contributed by atoms with E-state index >= 15 is 0 Å². The summed E-state index contributed by atoms with van der Waals surface area (Å²) < 4.78 is 5.52. The summed E-state index contributed by atoms with van der Waals surface area (Å²) in [5, 5.41) is 8.71. The van der Waals surface area contributed by atoms with E-state index in [0.29, 0.717) is 13.2 Å². The van der Waals surface area contributed by atoms with Crippen molar-refractivity contribution in [1.29, 1.82) is 0 Å². The molecule has 0 bridgehead atoms. The summed E-state index contributed by atoms with van der Waals surface area (Å²) in [6, 6.07) is 0. The zero-order chi connectivity index (χ0) is 12.8. The number of aliphatic hydroxyl groups is 1. The lowest BCUT2D eigenvalue weighted by molar-refractivity contribution is 0.0158. The van der Waals surface area contributed by atoms with Crippen LogP contribution in [0.4, 0.5) is 5.82 Å². The predicted molar refractivity (Wildman–Crippen MR) is 68.2 cm³/mol. The van der Waals surface area contributed by atoms with Crippen LogP contribution in [0.2, 0.25) is 0 Å². The quantitative estimate of drug-likeness (QED) is 0.762. The van der Waals surface area contributed by atoms with Crippen LogP contribution in [-0.4, -0.2) is 47.5 Å². The largest absolute Gasteiger partial charge is 0.394 e. The first-order chi connectivity index (χ1) is 8.83. The second-order valence-corrected chi connectivity index (χ2v) is 4.35. The average Bonchev–Trinajstić information content (AvgIpc) is 2.46. The van der Waals surface area contributed by atoms with Crippen LogP contribution >= 0.6 is 0 Å². The van der Waals surface area contributed by atoms with Crippen LogP contribution in [-0.2, 0) is 11.3 Å². The van der Waals surface area contributed by atoms with Crippen LogP contribution in [0.15, 0.2) is 12.4 Å². The Kier molecular flexibility index (Phi) is 4.86. The van der Waals surface area contributed by atoms with Crippen molar-refractivity contribution in [2.45, 2.75) is 25.5 Å². The fraction of sp³-hybridized carbons (Fsp3) is 0.667. The normalized spacial score (nSPS) is 17.1. The van der Waals surface area contributed by atoms with Crippen molar-refractivity contribution < 1.29 is 9.84 Å². The van der Waals surface area contributed by atoms with Gasteiger partial charge < -0.3 is 20.5 Å². The molecule has 0 radical (unpaired) electrons. The van der Waals surface area contributed by atoms with Gasteiger partial charge in [0.15, 0.2) is 0 Å². The molecule has 0 aliphatic carbocycles. The number of piperidine rings is 1. The van der Waals surface area contributed by atoms with Crippen molar-refractivity contribution >= 4 is 5.82 Å². The van der Waals surface area contributed by atoms with Crippen LogP contribution in [0, 0.1) is 0 Å². The molecule has 1 aliphatic heterocycles. The van der Waals surface area contributed by atoms with Crippen LogP contribution in [0.5, 0.6) is 0 Å². The Balaban J connectivity index is 1.84. The Hall–Kier alpha value is -1.24. The molecule has 1 saturated heterocycles. The Morgan fingerprint density at radius 1 is 1.33 bits per heavy atom. The third kappa shape index (κ3) is 3.38. The molecule has 0 atom stereocenters. The maximum absolute atomic E-state index is 8.71. The first kappa shape index (κ1) is 13.2. The number of hydrogen-bond donors (Lipinski definition) is 2. The molecule has 0 saturated carbocycles. The minimum Gasteiger partial charge on any atom is -0.394 e. The van der Waals surface area contributed by atoms with Crippen LogP contribution in [0.3, 0.4) is 0 Å². The third-order valence-electron chi connectivity index (χ3n) is 3.11. The summed E-state index contributed by atoms with van der Waals surface area (Å²) in [4.78, 5) is 10.8. The molecule has 0 amide bonds. The Morgan fingerprint density at radius 3 is 2.67 bits per heavy atom. The summed E-state index contributed by atoms with van der Waals surface area (Å²) in [6.45, 7) is 2.76. The second kappa shape index (κ2) is 6.63. The zero-order valence-electron chi connectivity index (χ0n) is 10.5. The standard InChI is InChI=1S/C12H20N4O2/c13-7-10-8-15-12(9-14-10)16-3-1-11(2-4-16)18-6-5-17/h8-9,11,17H,1-7,13H2. The minimum atomic E-state index is 0.0895. The van der Waals surface area contributed by atoms with Gasteiger partial charge >= 0.3 is 0 Å². The van der Waals surface area contributed by atoms with E-state index in [1.54, 1.807) is 12.4 Å². The highest BCUT2D eigenvalue weighted by Crippen LogP contribution is 2.18. The lowest BCUT2D eigenvalue weighted by Gasteiger charge is -2.32. The van der Waals surface area contributed by atoms with Gasteiger partial charge in [-0.15, -0.1) is 0 Å². The Bertz CT molecular complexity index is 350. The summed E-state index contributed by atoms with van der Waals surface area (Å²) in [5.41, 5.74) is 6.30. The number of nitrogens with zero attached hydrogens (tertiary/aromatic N) is 3. The molecule has 2 rings (SSSR count). The molecule has 100 valence electrons. The van der Waals surface area contributed by atoms with Crippen molar-refractivity contribution in [2.24, 2.45) is 5.73 Å². The highest BCUT2D eigenvalue weighted by molar-refractivity contribution is 5.36. The van der Waals surface area contributed by atoms with Gasteiger partial charge in [0.25, 0.3) is 0 Å². The van der Waals surface area contributed by atoms with E-state index in [-0.39, 0.29) is 12.7 Å². The zero-order valence-corrected chi connectivity index (χ0v) is 10.5. The molecule has 1 aromatic heterocycles. The van der Waals surface area contributed by atoms with Gasteiger partial charge in [0.05, 0.1) is 37.4 Å². The van der Waals surface area contributed by atoms with Gasteiger partial charge in [-0.2, -0.15) is 0 Å². The average molecular weight is 252 g/mol. The van der Waals surface area contributed by atoms with Gasteiger partial charge in [0.2, 0.25) is 0 Å². The Morgan fingerprint density at radius 2 is 2.11 bits per heavy atom. The molecule has 1 aliphatic rings. The van der Waals surface area contributed by atoms with Crippen molar-refractivity contribution in [3.63, 3.8) is 0 Å². The monoisotopic (exact) mass is 252 g/mol. The molecular weight excluding hydrogens is 232 g/mol. The predicted octanol–water partition coefficient (Wildman–Crippen LogP) is -0.0870. The fourth-order valence-corrected chi connectivity index (χ4v) is 2.09. The smallest absolute Gasteiger partial charge is 0.147 e. The number of ether oxygens (including phenoxy) is 1. The summed E-state index contributed by atoms with van der Waals surface area (Å²) in [6.07, 6.45) is 5.67. The topological polar surface area (TPSA) is 84.5 Å². The number of rotatable bonds is 5. The lowest BCUT2D eigenvalue weighted by Crippen LogP contribution is -2.37. The van der Waals surface area contributed by atoms with Crippen LogP contribution in [0.1, 0.15) is 18.5 Å². The van der Waals surface area contributed by atoms with Gasteiger partial charge in [-0.25, -0.2) is 4.98 Å². The van der Waals surface area contributed by atoms with E-state index in [4.69, 9.17) is 15.6 Å². The molecule has 2 heterocycles. The van der Waals surface area contributed by atoms with Gasteiger partial charge in [-0.3, -0.25) is 4.98 Å². The highest BCUT2D eigenvalue weighted by Gasteiger charge is 2.20. The molecule has 6 heteroatoms. The first-order valence-electron chi connectivity index (χ1n) is 6.32. The molecule has 0 unspecified atom stereocenters. The van der Waals surface area contributed by atoms with E-state index in [9.17, 15) is 0 Å². The lowest BCUT2D eigenvalue weighted by atomic mass is 10.1. The number of aliphatic hydroxyl groups excluding tert-OH is 1. The van der Waals surface area contributed by atoms with Gasteiger partial charge in [-0.05, 0) is 12.8 Å². The SMILES string of the molecule is NCc1cnc(N2CCC(OCCO)CC2)cn1. The maximum atomic E-state index is 8.71. The molecule has 0 spiro atoms. The van der Waals surface area contributed by atoms with Gasteiger partial charge in [0.1, 0.15) is 5.82 Å². The fourth-order valence-electron chi connectivity index (χ4n) is 2.09. The van der Waals surface area contributed by atoms with E-state index in [0.717, 1.165) is 37.4 Å². The van der Waals surface area contributed by atoms with Crippen molar-refractivity contribution in [3.8, 4) is 0 Å². The third-order valence-corrected chi connectivity index (χ3v) is 3.11. The number of hydrogen-bond acceptors (Lipinski definition) is 6. The maximum Gasteiger partial charge on any atom is 0.147 e. The van der Waals surface area contributed by atoms with Crippen molar-refractivity contribution in [1.82, 2.24) is 9.97 Å². The number of nitrogens with two attached hydrogens (primary N) is 1. The molecule has 3 N–H and O–H groups in total. The summed E-state index contributed by atoms with van der Waals surface area (Å²) in [7, 11) is 0. The van der Waals surface area contributed by atoms with E-state index in [1.807, 2.05) is 0 Å². The first-order valence-corrected chi connectivity index (χ1v) is 6.32. The van der Waals surface area contributed by atoms with E-state index in [1.165, 1.54) is 0 Å². The molecule has 6 nitrogen and oxygen atoms in total. The minimum absolute atomic E-state index is 0.0895. The summed E-state index contributed by atoms with van der Waals surface area (Å²) >= 11 is 0. The van der Waals surface area contributed by atoms with Crippen molar-refractivity contribution in [2.75, 3.05) is 31.2 Å². The second-order valence-electron chi connectivity index (χ2n) is 4.35. The molecule has 0 aromatic carbocycles. The van der Waals surface area contributed by atoms with Crippen molar-refractivity contribution in [3.05, 3.63) is 18.1 Å².